The average Bonchev–Trinajstić information content (AvgIpc) is 2.90. The fourth-order valence-electron chi connectivity index (χ4n) is 5.49. The van der Waals surface area contributed by atoms with E-state index in [1.165, 1.54) is 12.1 Å². The third-order valence-corrected chi connectivity index (χ3v) is 7.48. The Hall–Kier alpha value is -2.94. The topological polar surface area (TPSA) is 206 Å². The van der Waals surface area contributed by atoms with Gasteiger partial charge in [-0.1, -0.05) is 24.3 Å². The van der Waals surface area contributed by atoms with Crippen LogP contribution in [0.5, 0.6) is 11.5 Å². The highest BCUT2D eigenvalue weighted by molar-refractivity contribution is 6.30. The van der Waals surface area contributed by atoms with Crippen molar-refractivity contribution in [2.75, 3.05) is 13.2 Å². The number of carbonyl (C=O) groups excluding carboxylic acids is 3. The summed E-state index contributed by atoms with van der Waals surface area (Å²) in [6, 6.07) is 5.30. The van der Waals surface area contributed by atoms with Crippen molar-refractivity contribution in [2.45, 2.75) is 62.6 Å². The van der Waals surface area contributed by atoms with E-state index in [1.807, 2.05) is 0 Å². The Morgan fingerprint density at radius 3 is 2.30 bits per heavy atom. The first-order chi connectivity index (χ1) is 18.5. The van der Waals surface area contributed by atoms with Gasteiger partial charge in [-0.2, -0.15) is 0 Å². The van der Waals surface area contributed by atoms with Crippen LogP contribution in [0.1, 0.15) is 68.8 Å². The fourth-order valence-corrected chi connectivity index (χ4v) is 5.49. The molecule has 1 fully saturated rings. The second-order valence-corrected chi connectivity index (χ2v) is 10.1. The molecular formula is C27H30ClNO11. The van der Waals surface area contributed by atoms with Crippen LogP contribution in [0.2, 0.25) is 0 Å². The highest BCUT2D eigenvalue weighted by Gasteiger charge is 2.48. The average molecular weight is 580 g/mol. The van der Waals surface area contributed by atoms with Crippen LogP contribution in [0.4, 0.5) is 0 Å². The molecule has 1 heterocycles. The highest BCUT2D eigenvalue weighted by Crippen LogP contribution is 2.52. The Morgan fingerprint density at radius 2 is 1.73 bits per heavy atom. The van der Waals surface area contributed by atoms with Crippen molar-refractivity contribution in [2.24, 2.45) is 5.73 Å². The molecule has 0 aromatic heterocycles. The Labute approximate surface area is 234 Å². The molecule has 12 nitrogen and oxygen atoms in total. The number of aliphatic hydroxyl groups is 3. The molecule has 6 atom stereocenters. The van der Waals surface area contributed by atoms with Crippen LogP contribution in [0.25, 0.3) is 0 Å². The minimum atomic E-state index is -2.14. The van der Waals surface area contributed by atoms with E-state index >= 15 is 0 Å². The first-order valence-electron chi connectivity index (χ1n) is 12.5. The molecule has 0 saturated carbocycles. The van der Waals surface area contributed by atoms with Gasteiger partial charge in [-0.3, -0.25) is 14.4 Å². The number of aliphatic hydroxyl groups excluding tert-OH is 2. The zero-order chi connectivity index (χ0) is 28.2. The molecule has 0 radical (unpaired) electrons. The first-order valence-corrected chi connectivity index (χ1v) is 12.5. The predicted octanol–water partition coefficient (Wildman–Crippen LogP) is 0.389. The summed E-state index contributed by atoms with van der Waals surface area (Å²) in [7, 11) is 0. The van der Waals surface area contributed by atoms with Gasteiger partial charge in [-0.05, 0) is 6.92 Å². The van der Waals surface area contributed by atoms with Crippen molar-refractivity contribution < 1.29 is 54.1 Å². The number of phenols is 2. The molecule has 0 bridgehead atoms. The maximum absolute atomic E-state index is 13.4. The normalized spacial score (nSPS) is 29.2. The van der Waals surface area contributed by atoms with Crippen LogP contribution in [-0.2, 0) is 25.4 Å². The number of fused-ring (bicyclic) bond motifs is 3. The van der Waals surface area contributed by atoms with Crippen LogP contribution in [0, 0.1) is 0 Å². The smallest absolute Gasteiger partial charge is 0.198 e. The standard InChI is InChI=1S/C27H29NO11.ClH/c1-11-22(31)16(28)6-18(38-11)39-17-8-27(36,37-10-12(30)9-29)7-15-19(17)26(35)21-20(25(15)34)23(32)13-4-2-3-5-14(13)24(21)33;/h2-5,11,16-18,22,29,31,34-36H,6-10,28H2,1H3;1H/t11-,16+,17?,18+,22+,27?;/m1./s1. The third kappa shape index (κ3) is 5.01. The van der Waals surface area contributed by atoms with Gasteiger partial charge in [-0.15, -0.1) is 12.4 Å². The molecule has 40 heavy (non-hydrogen) atoms. The van der Waals surface area contributed by atoms with Gasteiger partial charge in [0.25, 0.3) is 0 Å². The first kappa shape index (κ1) is 30.0. The predicted molar refractivity (Wildman–Crippen MR) is 138 cm³/mol. The van der Waals surface area contributed by atoms with Gasteiger partial charge >= 0.3 is 0 Å². The number of aromatic hydroxyl groups is 2. The molecule has 0 amide bonds. The molecule has 2 aliphatic carbocycles. The Bertz CT molecular complexity index is 1350. The molecule has 7 N–H and O–H groups in total. The minimum absolute atomic E-state index is 0. The minimum Gasteiger partial charge on any atom is -0.507 e. The molecule has 1 saturated heterocycles. The van der Waals surface area contributed by atoms with Gasteiger partial charge in [0, 0.05) is 47.6 Å². The van der Waals surface area contributed by atoms with Crippen molar-refractivity contribution in [3.05, 3.63) is 57.6 Å². The van der Waals surface area contributed by atoms with E-state index < -0.39 is 96.0 Å². The number of carbonyl (C=O) groups is 3. The lowest BCUT2D eigenvalue weighted by Crippen LogP contribution is -2.52. The lowest BCUT2D eigenvalue weighted by molar-refractivity contribution is -0.271. The largest absolute Gasteiger partial charge is 0.507 e. The van der Waals surface area contributed by atoms with Gasteiger partial charge in [-0.25, -0.2) is 0 Å². The second kappa shape index (κ2) is 11.1. The van der Waals surface area contributed by atoms with Crippen LogP contribution in [-0.4, -0.2) is 86.4 Å². The maximum atomic E-state index is 13.4. The molecule has 2 unspecified atom stereocenters. The molecular weight excluding hydrogens is 550 g/mol. The van der Waals surface area contributed by atoms with Crippen LogP contribution in [0.15, 0.2) is 24.3 Å². The van der Waals surface area contributed by atoms with Crippen molar-refractivity contribution >= 4 is 29.8 Å². The van der Waals surface area contributed by atoms with E-state index in [1.54, 1.807) is 19.1 Å². The van der Waals surface area contributed by atoms with Crippen LogP contribution < -0.4 is 5.73 Å². The number of nitrogens with two attached hydrogens (primary N) is 1. The third-order valence-electron chi connectivity index (χ3n) is 7.48. The number of rotatable bonds is 6. The van der Waals surface area contributed by atoms with Gasteiger partial charge in [0.2, 0.25) is 0 Å². The summed E-state index contributed by atoms with van der Waals surface area (Å²) in [4.78, 5) is 38.5. The van der Waals surface area contributed by atoms with Gasteiger partial charge < -0.3 is 45.5 Å². The van der Waals surface area contributed by atoms with E-state index in [-0.39, 0.29) is 47.5 Å². The summed E-state index contributed by atoms with van der Waals surface area (Å²) in [6.45, 7) is 0.109. The Morgan fingerprint density at radius 1 is 1.12 bits per heavy atom. The molecule has 0 spiro atoms. The van der Waals surface area contributed by atoms with Crippen LogP contribution >= 0.6 is 12.4 Å². The van der Waals surface area contributed by atoms with E-state index in [4.69, 9.17) is 25.1 Å². The van der Waals surface area contributed by atoms with Gasteiger partial charge in [0.15, 0.2) is 29.4 Å². The number of ether oxygens (including phenoxy) is 3. The summed E-state index contributed by atoms with van der Waals surface area (Å²) in [6.07, 6.45) is -4.76. The summed E-state index contributed by atoms with van der Waals surface area (Å²) >= 11 is 0. The molecule has 2 aromatic rings. The molecule has 216 valence electrons. The number of hydrogen-bond donors (Lipinski definition) is 6. The summed E-state index contributed by atoms with van der Waals surface area (Å²) in [5.74, 6) is -5.46. The molecule has 2 aromatic carbocycles. The van der Waals surface area contributed by atoms with Gasteiger partial charge in [0.1, 0.15) is 24.7 Å². The van der Waals surface area contributed by atoms with E-state index in [2.05, 4.69) is 0 Å². The SMILES string of the molecule is C[C@H]1O[C@@H](OC2CC(O)(OCC(=O)CO)Cc3c(O)c4c(c(O)c32)C(=O)c2ccccc2C4=O)C[C@H](N)[C@H]1O.Cl. The van der Waals surface area contributed by atoms with E-state index in [0.717, 1.165) is 0 Å². The van der Waals surface area contributed by atoms with Crippen molar-refractivity contribution in [1.29, 1.82) is 0 Å². The number of halogens is 1. The number of phenolic OH excluding ortho intramolecular Hbond substituents is 2. The number of Topliss-reactive ketones (excluding diaryl/α,β-unsaturated/α-hetero) is 1. The highest BCUT2D eigenvalue weighted by atomic mass is 35.5. The van der Waals surface area contributed by atoms with Crippen molar-refractivity contribution in [3.63, 3.8) is 0 Å². The summed E-state index contributed by atoms with van der Waals surface area (Å²) in [5.41, 5.74) is 5.14. The van der Waals surface area contributed by atoms with Crippen molar-refractivity contribution in [3.8, 4) is 11.5 Å². The maximum Gasteiger partial charge on any atom is 0.198 e. The monoisotopic (exact) mass is 579 g/mol. The zero-order valence-corrected chi connectivity index (χ0v) is 22.2. The van der Waals surface area contributed by atoms with E-state index in [9.17, 15) is 34.8 Å². The number of ketones is 3. The Balaban J connectivity index is 0.00000370. The van der Waals surface area contributed by atoms with Crippen LogP contribution in [0.3, 0.4) is 0 Å². The molecule has 5 rings (SSSR count). The lowest BCUT2D eigenvalue weighted by atomic mass is 9.75. The molecule has 13 heteroatoms. The number of benzene rings is 2. The van der Waals surface area contributed by atoms with Gasteiger partial charge in [0.05, 0.1) is 29.4 Å². The molecule has 3 aliphatic rings. The van der Waals surface area contributed by atoms with E-state index in [0.29, 0.717) is 0 Å². The number of hydrogen-bond acceptors (Lipinski definition) is 12. The molecule has 1 aliphatic heterocycles. The van der Waals surface area contributed by atoms with Crippen molar-refractivity contribution in [1.82, 2.24) is 0 Å². The lowest BCUT2D eigenvalue weighted by Gasteiger charge is -2.42. The zero-order valence-electron chi connectivity index (χ0n) is 21.4. The quantitative estimate of drug-likeness (QED) is 0.173. The Kier molecular flexibility index (Phi) is 8.37. The summed E-state index contributed by atoms with van der Waals surface area (Å²) < 4.78 is 17.2. The fraction of sp³-hybridized carbons (Fsp3) is 0.444. The second-order valence-electron chi connectivity index (χ2n) is 10.1. The summed E-state index contributed by atoms with van der Waals surface area (Å²) in [5, 5.41) is 53.3.